The number of rotatable bonds is 5. The first-order valence-corrected chi connectivity index (χ1v) is 8.89. The molecule has 1 atom stereocenters. The Morgan fingerprint density at radius 2 is 1.48 bits per heavy atom. The molecule has 3 heteroatoms. The van der Waals surface area contributed by atoms with E-state index < -0.39 is 0 Å². The first-order chi connectivity index (χ1) is 11.2. The van der Waals surface area contributed by atoms with Gasteiger partial charge in [0, 0.05) is 17.9 Å². The molecule has 0 N–H and O–H groups in total. The molecule has 0 spiro atoms. The molecule has 0 radical (unpaired) electrons. The first-order valence-electron chi connectivity index (χ1n) is 7.84. The van der Waals surface area contributed by atoms with E-state index in [9.17, 15) is 4.79 Å². The van der Waals surface area contributed by atoms with Crippen LogP contribution >= 0.6 is 11.8 Å². The number of carbonyl (C=O) groups excluding carboxylic acids is 1. The van der Waals surface area contributed by atoms with E-state index in [-0.39, 0.29) is 11.3 Å². The Balaban J connectivity index is 1.75. The van der Waals surface area contributed by atoms with Gasteiger partial charge in [0.1, 0.15) is 5.37 Å². The summed E-state index contributed by atoms with van der Waals surface area (Å²) < 4.78 is 0. The van der Waals surface area contributed by atoms with Crippen molar-refractivity contribution in [2.45, 2.75) is 31.5 Å². The van der Waals surface area contributed by atoms with E-state index in [1.807, 2.05) is 47.9 Å². The molecule has 0 saturated carbocycles. The second-order valence-electron chi connectivity index (χ2n) is 5.88. The Morgan fingerprint density at radius 3 is 2.09 bits per heavy atom. The van der Waals surface area contributed by atoms with Crippen LogP contribution in [0.3, 0.4) is 0 Å². The highest BCUT2D eigenvalue weighted by molar-refractivity contribution is 7.99. The molecule has 2 aromatic rings. The van der Waals surface area contributed by atoms with E-state index in [0.29, 0.717) is 6.54 Å². The van der Waals surface area contributed by atoms with E-state index in [1.54, 1.807) is 0 Å². The lowest BCUT2D eigenvalue weighted by atomic mass is 10.2. The number of carbonyl (C=O) groups is 1. The largest absolute Gasteiger partial charge is 0.319 e. The van der Waals surface area contributed by atoms with Crippen LogP contribution in [0.2, 0.25) is 0 Å². The smallest absolute Gasteiger partial charge is 0.251 e. The van der Waals surface area contributed by atoms with Crippen molar-refractivity contribution in [3.8, 4) is 0 Å². The molecular weight excluding hydrogens is 302 g/mol. The van der Waals surface area contributed by atoms with Crippen LogP contribution in [0.1, 0.15) is 25.0 Å². The number of hydrogen-bond acceptors (Lipinski definition) is 2. The highest BCUT2D eigenvalue weighted by Crippen LogP contribution is 2.35. The second kappa shape index (κ2) is 7.05. The van der Waals surface area contributed by atoms with Crippen molar-refractivity contribution in [1.82, 2.24) is 4.90 Å². The molecule has 23 heavy (non-hydrogen) atoms. The quantitative estimate of drug-likeness (QED) is 0.800. The summed E-state index contributed by atoms with van der Waals surface area (Å²) in [7, 11) is 0. The molecule has 2 nitrogen and oxygen atoms in total. The zero-order valence-corrected chi connectivity index (χ0v) is 14.3. The number of thioether (sulfide) groups is 1. The number of benzene rings is 2. The number of hydrogen-bond donors (Lipinski definition) is 0. The van der Waals surface area contributed by atoms with Crippen molar-refractivity contribution in [3.63, 3.8) is 0 Å². The van der Waals surface area contributed by atoms with Gasteiger partial charge in [-0.2, -0.15) is 0 Å². The molecule has 1 aliphatic heterocycles. The summed E-state index contributed by atoms with van der Waals surface area (Å²) in [6.45, 7) is 4.69. The zero-order chi connectivity index (χ0) is 16.2. The van der Waals surface area contributed by atoms with Crippen molar-refractivity contribution >= 4 is 17.7 Å². The Bertz CT molecular complexity index is 709. The molecule has 1 aliphatic rings. The minimum absolute atomic E-state index is 0.128. The second-order valence-corrected chi connectivity index (χ2v) is 6.94. The van der Waals surface area contributed by atoms with Crippen molar-refractivity contribution in [1.29, 1.82) is 0 Å². The number of amides is 1. The standard InChI is InChI=1S/C20H21NOS/c1-15-16(2)20(23-14-18-11-7-4-8-12-18)21(19(15)22)13-17-9-5-3-6-10-17/h3-12,20H,13-14H2,1-2H3/t20-/m0/s1. The zero-order valence-electron chi connectivity index (χ0n) is 13.5. The van der Waals surface area contributed by atoms with Gasteiger partial charge < -0.3 is 4.90 Å². The molecule has 0 bridgehead atoms. The molecule has 118 valence electrons. The van der Waals surface area contributed by atoms with Crippen molar-refractivity contribution < 1.29 is 4.79 Å². The van der Waals surface area contributed by atoms with Gasteiger partial charge in [0.2, 0.25) is 0 Å². The monoisotopic (exact) mass is 323 g/mol. The lowest BCUT2D eigenvalue weighted by molar-refractivity contribution is -0.126. The molecule has 0 saturated heterocycles. The van der Waals surface area contributed by atoms with E-state index in [2.05, 4.69) is 43.3 Å². The van der Waals surface area contributed by atoms with Gasteiger partial charge in [0.25, 0.3) is 5.91 Å². The van der Waals surface area contributed by atoms with Crippen LogP contribution in [0.25, 0.3) is 0 Å². The Kier molecular flexibility index (Phi) is 4.87. The minimum atomic E-state index is 0.128. The van der Waals surface area contributed by atoms with Gasteiger partial charge in [0.05, 0.1) is 0 Å². The Hall–Kier alpha value is -2.00. The molecule has 2 aromatic carbocycles. The van der Waals surface area contributed by atoms with Crippen LogP contribution in [0, 0.1) is 0 Å². The van der Waals surface area contributed by atoms with E-state index >= 15 is 0 Å². The summed E-state index contributed by atoms with van der Waals surface area (Å²) in [6, 6.07) is 20.6. The first kappa shape index (κ1) is 15.9. The van der Waals surface area contributed by atoms with E-state index in [0.717, 1.165) is 11.3 Å². The van der Waals surface area contributed by atoms with Crippen molar-refractivity contribution in [2.75, 3.05) is 0 Å². The average molecular weight is 323 g/mol. The topological polar surface area (TPSA) is 20.3 Å². The molecule has 0 fully saturated rings. The summed E-state index contributed by atoms with van der Waals surface area (Å²) in [6.07, 6.45) is 0. The Labute approximate surface area is 142 Å². The van der Waals surface area contributed by atoms with Crippen LogP contribution in [0.15, 0.2) is 71.8 Å². The summed E-state index contributed by atoms with van der Waals surface area (Å²) in [5.74, 6) is 1.08. The van der Waals surface area contributed by atoms with Crippen LogP contribution in [0.5, 0.6) is 0 Å². The normalized spacial score (nSPS) is 17.9. The SMILES string of the molecule is CC1=C(C)[C@H](SCc2ccccc2)N(Cc2ccccc2)C1=O. The van der Waals surface area contributed by atoms with Crippen LogP contribution in [-0.4, -0.2) is 16.2 Å². The minimum Gasteiger partial charge on any atom is -0.319 e. The van der Waals surface area contributed by atoms with Gasteiger partial charge in [-0.15, -0.1) is 11.8 Å². The van der Waals surface area contributed by atoms with Gasteiger partial charge >= 0.3 is 0 Å². The summed E-state index contributed by atoms with van der Waals surface area (Å²) in [5, 5.41) is 0.128. The third kappa shape index (κ3) is 3.50. The Morgan fingerprint density at radius 1 is 0.913 bits per heavy atom. The third-order valence-electron chi connectivity index (χ3n) is 4.27. The maximum Gasteiger partial charge on any atom is 0.251 e. The van der Waals surface area contributed by atoms with Crippen LogP contribution in [-0.2, 0) is 17.1 Å². The van der Waals surface area contributed by atoms with E-state index in [4.69, 9.17) is 0 Å². The summed E-state index contributed by atoms with van der Waals surface area (Å²) >= 11 is 1.83. The van der Waals surface area contributed by atoms with Gasteiger partial charge in [-0.3, -0.25) is 4.79 Å². The average Bonchev–Trinajstić information content (AvgIpc) is 2.79. The lowest BCUT2D eigenvalue weighted by Crippen LogP contribution is -2.33. The molecule has 1 heterocycles. The molecular formula is C20H21NOS. The third-order valence-corrected chi connectivity index (χ3v) is 5.70. The molecule has 0 aromatic heterocycles. The van der Waals surface area contributed by atoms with Gasteiger partial charge in [-0.05, 0) is 30.5 Å². The molecule has 0 unspecified atom stereocenters. The maximum atomic E-state index is 12.6. The molecule has 1 amide bonds. The van der Waals surface area contributed by atoms with Crippen LogP contribution < -0.4 is 0 Å². The fraction of sp³-hybridized carbons (Fsp3) is 0.250. The molecule has 3 rings (SSSR count). The highest BCUT2D eigenvalue weighted by Gasteiger charge is 2.34. The predicted molar refractivity (Wildman–Crippen MR) is 96.9 cm³/mol. The molecule has 0 aliphatic carbocycles. The fourth-order valence-electron chi connectivity index (χ4n) is 2.81. The lowest BCUT2D eigenvalue weighted by Gasteiger charge is -2.26. The van der Waals surface area contributed by atoms with Crippen molar-refractivity contribution in [3.05, 3.63) is 82.9 Å². The maximum absolute atomic E-state index is 12.6. The summed E-state index contributed by atoms with van der Waals surface area (Å²) in [4.78, 5) is 14.6. The highest BCUT2D eigenvalue weighted by atomic mass is 32.2. The van der Waals surface area contributed by atoms with Crippen molar-refractivity contribution in [2.24, 2.45) is 0 Å². The van der Waals surface area contributed by atoms with Gasteiger partial charge in [-0.1, -0.05) is 60.7 Å². The fourth-order valence-corrected chi connectivity index (χ4v) is 4.13. The predicted octanol–water partition coefficient (Wildman–Crippen LogP) is 4.62. The van der Waals surface area contributed by atoms with Gasteiger partial charge in [-0.25, -0.2) is 0 Å². The van der Waals surface area contributed by atoms with Crippen LogP contribution in [0.4, 0.5) is 0 Å². The van der Waals surface area contributed by atoms with Gasteiger partial charge in [0.15, 0.2) is 0 Å². The summed E-state index contributed by atoms with van der Waals surface area (Å²) in [5.41, 5.74) is 4.55. The van der Waals surface area contributed by atoms with E-state index in [1.165, 1.54) is 16.7 Å². The number of nitrogens with zero attached hydrogens (tertiary/aromatic N) is 1.